The lowest BCUT2D eigenvalue weighted by Gasteiger charge is -2.13. The molecule has 0 bridgehead atoms. The van der Waals surface area contributed by atoms with Crippen LogP contribution < -0.4 is 5.32 Å². The molecule has 0 amide bonds. The lowest BCUT2D eigenvalue weighted by Crippen LogP contribution is -2.11. The summed E-state index contributed by atoms with van der Waals surface area (Å²) in [6, 6.07) is 5.20. The molecule has 1 aromatic heterocycles. The number of hydrogen-bond acceptors (Lipinski definition) is 5. The number of nitrogens with zero attached hydrogens (tertiary/aromatic N) is 1. The third-order valence-corrected chi connectivity index (χ3v) is 4.98. The number of halogens is 2. The van der Waals surface area contributed by atoms with Crippen LogP contribution in [0.1, 0.15) is 18.0 Å². The van der Waals surface area contributed by atoms with Gasteiger partial charge in [-0.1, -0.05) is 0 Å². The number of aromatic nitrogens is 1. The second-order valence-electron chi connectivity index (χ2n) is 4.07. The van der Waals surface area contributed by atoms with Crippen LogP contribution in [0.4, 0.5) is 14.5 Å². The van der Waals surface area contributed by atoms with Crippen LogP contribution in [0.25, 0.3) is 0 Å². The Balaban J connectivity index is 2.13. The fraction of sp³-hybridized carbons (Fsp3) is 0.250. The maximum atomic E-state index is 12.4. The van der Waals surface area contributed by atoms with E-state index in [4.69, 9.17) is 0 Å². The predicted octanol–water partition coefficient (Wildman–Crippen LogP) is 3.31. The number of benzene rings is 1. The van der Waals surface area contributed by atoms with Gasteiger partial charge in [0.05, 0.1) is 10.9 Å². The molecule has 1 heterocycles. The van der Waals surface area contributed by atoms with Crippen molar-refractivity contribution in [3.05, 3.63) is 40.8 Å². The van der Waals surface area contributed by atoms with Crippen molar-refractivity contribution in [3.63, 3.8) is 0 Å². The monoisotopic (exact) mass is 318 g/mol. The van der Waals surface area contributed by atoms with Crippen LogP contribution in [0.3, 0.4) is 0 Å². The summed E-state index contributed by atoms with van der Waals surface area (Å²) in [5.74, 6) is -3.41. The van der Waals surface area contributed by atoms with Crippen molar-refractivity contribution in [2.75, 3.05) is 5.32 Å². The number of hydrogen-bond donors (Lipinski definition) is 1. The third-order valence-electron chi connectivity index (χ3n) is 2.62. The molecular formula is C12H12F2N2O2S2. The Bertz CT molecular complexity index is 655. The van der Waals surface area contributed by atoms with Gasteiger partial charge in [0.25, 0.3) is 0 Å². The van der Waals surface area contributed by atoms with Gasteiger partial charge in [-0.05, 0) is 31.2 Å². The van der Waals surface area contributed by atoms with Gasteiger partial charge < -0.3 is 5.32 Å². The fourth-order valence-electron chi connectivity index (χ4n) is 1.60. The van der Waals surface area contributed by atoms with Crippen LogP contribution in [0.2, 0.25) is 0 Å². The second-order valence-corrected chi connectivity index (χ2v) is 6.91. The average Bonchev–Trinajstić information content (AvgIpc) is 2.93. The molecule has 0 aliphatic carbocycles. The van der Waals surface area contributed by atoms with Crippen LogP contribution >= 0.6 is 11.3 Å². The lowest BCUT2D eigenvalue weighted by atomic mass is 10.3. The Kier molecular flexibility index (Phi) is 4.34. The normalized spacial score (nSPS) is 13.4. The fourth-order valence-corrected chi connectivity index (χ4v) is 2.97. The van der Waals surface area contributed by atoms with Crippen molar-refractivity contribution < 1.29 is 17.2 Å². The summed E-state index contributed by atoms with van der Waals surface area (Å²) in [4.78, 5) is 3.76. The van der Waals surface area contributed by atoms with E-state index in [1.807, 2.05) is 12.3 Å². The Morgan fingerprint density at radius 3 is 2.40 bits per heavy atom. The SMILES string of the molecule is CC(Nc1ccc(S(=O)(=O)C(F)F)cc1)c1nccs1. The molecule has 1 unspecified atom stereocenters. The molecule has 0 aliphatic rings. The summed E-state index contributed by atoms with van der Waals surface area (Å²) in [5.41, 5.74) is 0.640. The number of rotatable bonds is 5. The Hall–Kier alpha value is -1.54. The minimum absolute atomic E-state index is 0.0486. The molecular weight excluding hydrogens is 306 g/mol. The number of anilines is 1. The lowest BCUT2D eigenvalue weighted by molar-refractivity contribution is 0.234. The zero-order chi connectivity index (χ0) is 14.8. The summed E-state index contributed by atoms with van der Waals surface area (Å²) in [6.07, 6.45) is 1.69. The van der Waals surface area contributed by atoms with E-state index < -0.39 is 15.6 Å². The van der Waals surface area contributed by atoms with E-state index in [0.29, 0.717) is 5.69 Å². The quantitative estimate of drug-likeness (QED) is 0.919. The molecule has 20 heavy (non-hydrogen) atoms. The second kappa shape index (κ2) is 5.84. The molecule has 1 N–H and O–H groups in total. The highest BCUT2D eigenvalue weighted by Gasteiger charge is 2.26. The highest BCUT2D eigenvalue weighted by atomic mass is 32.2. The minimum Gasteiger partial charge on any atom is -0.376 e. The minimum atomic E-state index is -4.54. The van der Waals surface area contributed by atoms with Crippen molar-refractivity contribution in [3.8, 4) is 0 Å². The van der Waals surface area contributed by atoms with Crippen molar-refractivity contribution >= 4 is 26.9 Å². The number of sulfone groups is 1. The van der Waals surface area contributed by atoms with Gasteiger partial charge in [0, 0.05) is 17.3 Å². The summed E-state index contributed by atoms with van der Waals surface area (Å²) < 4.78 is 47.3. The van der Waals surface area contributed by atoms with E-state index in [-0.39, 0.29) is 10.9 Å². The number of alkyl halides is 2. The predicted molar refractivity (Wildman–Crippen MR) is 73.8 cm³/mol. The standard InChI is InChI=1S/C12H12F2N2O2S2/c1-8(11-15-6-7-19-11)16-9-2-4-10(5-3-9)20(17,18)12(13)14/h2-8,12,16H,1H3. The summed E-state index contributed by atoms with van der Waals surface area (Å²) >= 11 is 1.49. The molecule has 2 rings (SSSR count). The molecule has 0 saturated heterocycles. The molecule has 0 saturated carbocycles. The number of nitrogens with one attached hydrogen (secondary N) is 1. The smallest absolute Gasteiger partial charge is 0.341 e. The topological polar surface area (TPSA) is 59.1 Å². The Morgan fingerprint density at radius 1 is 1.25 bits per heavy atom. The van der Waals surface area contributed by atoms with E-state index in [1.54, 1.807) is 6.20 Å². The van der Waals surface area contributed by atoms with E-state index in [0.717, 1.165) is 5.01 Å². The number of thiazole rings is 1. The zero-order valence-corrected chi connectivity index (χ0v) is 12.1. The first kappa shape index (κ1) is 14.9. The largest absolute Gasteiger partial charge is 0.376 e. The first-order chi connectivity index (χ1) is 9.41. The van der Waals surface area contributed by atoms with E-state index >= 15 is 0 Å². The highest BCUT2D eigenvalue weighted by molar-refractivity contribution is 7.91. The molecule has 8 heteroatoms. The van der Waals surface area contributed by atoms with Crippen molar-refractivity contribution in [1.82, 2.24) is 4.98 Å². The maximum Gasteiger partial charge on any atom is 0.341 e. The molecule has 2 aromatic rings. The van der Waals surface area contributed by atoms with Gasteiger partial charge in [-0.3, -0.25) is 0 Å². The maximum absolute atomic E-state index is 12.4. The van der Waals surface area contributed by atoms with E-state index in [9.17, 15) is 17.2 Å². The van der Waals surface area contributed by atoms with Crippen LogP contribution in [0.5, 0.6) is 0 Å². The molecule has 0 radical (unpaired) electrons. The average molecular weight is 318 g/mol. The summed E-state index contributed by atoms with van der Waals surface area (Å²) in [6.45, 7) is 1.91. The van der Waals surface area contributed by atoms with Crippen molar-refractivity contribution in [2.24, 2.45) is 0 Å². The highest BCUT2D eigenvalue weighted by Crippen LogP contribution is 2.23. The van der Waals surface area contributed by atoms with Crippen LogP contribution in [0, 0.1) is 0 Å². The third kappa shape index (κ3) is 3.13. The molecule has 1 atom stereocenters. The van der Waals surface area contributed by atoms with Crippen molar-refractivity contribution in [1.29, 1.82) is 0 Å². The molecule has 4 nitrogen and oxygen atoms in total. The van der Waals surface area contributed by atoms with Crippen LogP contribution in [0.15, 0.2) is 40.7 Å². The first-order valence-electron chi connectivity index (χ1n) is 5.69. The first-order valence-corrected chi connectivity index (χ1v) is 8.12. The van der Waals surface area contributed by atoms with Gasteiger partial charge in [0.15, 0.2) is 0 Å². The van der Waals surface area contributed by atoms with Crippen molar-refractivity contribution in [2.45, 2.75) is 23.6 Å². The van der Waals surface area contributed by atoms with Gasteiger partial charge in [-0.25, -0.2) is 13.4 Å². The summed E-state index contributed by atoms with van der Waals surface area (Å²) in [7, 11) is -4.54. The van der Waals surface area contributed by atoms with Gasteiger partial charge in [-0.15, -0.1) is 11.3 Å². The molecule has 108 valence electrons. The molecule has 0 fully saturated rings. The Labute approximate surface area is 119 Å². The van der Waals surface area contributed by atoms with E-state index in [2.05, 4.69) is 10.3 Å². The van der Waals surface area contributed by atoms with Crippen LogP contribution in [-0.4, -0.2) is 19.2 Å². The molecule has 0 aliphatic heterocycles. The van der Waals surface area contributed by atoms with Gasteiger partial charge >= 0.3 is 5.76 Å². The van der Waals surface area contributed by atoms with Crippen LogP contribution in [-0.2, 0) is 9.84 Å². The zero-order valence-electron chi connectivity index (χ0n) is 10.5. The summed E-state index contributed by atoms with van der Waals surface area (Å²) in [5, 5.41) is 5.85. The van der Waals surface area contributed by atoms with E-state index in [1.165, 1.54) is 35.6 Å². The molecule has 1 aromatic carbocycles. The molecule has 0 spiro atoms. The van der Waals surface area contributed by atoms with Gasteiger partial charge in [-0.2, -0.15) is 8.78 Å². The Morgan fingerprint density at radius 2 is 1.90 bits per heavy atom. The van der Waals surface area contributed by atoms with Gasteiger partial charge in [0.1, 0.15) is 5.01 Å². The van der Waals surface area contributed by atoms with Gasteiger partial charge in [0.2, 0.25) is 9.84 Å².